The fraction of sp³-hybridized carbons (Fsp3) is 0.333. The predicted molar refractivity (Wildman–Crippen MR) is 50.3 cm³/mol. The summed E-state index contributed by atoms with van der Waals surface area (Å²) in [4.78, 5) is 10.0. The molecule has 1 aliphatic rings. The largest absolute Gasteiger partial charge is 0.481 e. The van der Waals surface area contributed by atoms with Gasteiger partial charge in [0.15, 0.2) is 5.75 Å². The molecule has 0 atom stereocenters. The molecule has 2 rings (SSSR count). The summed E-state index contributed by atoms with van der Waals surface area (Å²) in [5.41, 5.74) is -0.205. The van der Waals surface area contributed by atoms with E-state index in [1.54, 1.807) is 0 Å². The Morgan fingerprint density at radius 1 is 1.53 bits per heavy atom. The van der Waals surface area contributed by atoms with Gasteiger partial charge in [0, 0.05) is 25.2 Å². The topological polar surface area (TPSA) is 64.4 Å². The van der Waals surface area contributed by atoms with Crippen molar-refractivity contribution in [3.8, 4) is 5.75 Å². The summed E-state index contributed by atoms with van der Waals surface area (Å²) in [6.45, 7) is 1.27. The first-order valence-corrected chi connectivity index (χ1v) is 4.48. The van der Waals surface area contributed by atoms with Crippen LogP contribution in [0.5, 0.6) is 5.75 Å². The number of nitro benzene ring substituents is 1. The van der Waals surface area contributed by atoms with Crippen LogP contribution in [0.4, 0.5) is 10.1 Å². The summed E-state index contributed by atoms with van der Waals surface area (Å²) < 4.78 is 18.1. The van der Waals surface area contributed by atoms with Gasteiger partial charge in [-0.2, -0.15) is 0 Å². The smallest absolute Gasteiger partial charge is 0.311 e. The molecule has 0 aromatic heterocycles. The molecule has 1 aliphatic heterocycles. The number of nitrogens with zero attached hydrogens (tertiary/aromatic N) is 1. The second-order valence-electron chi connectivity index (χ2n) is 3.27. The molecule has 80 valence electrons. The van der Waals surface area contributed by atoms with Gasteiger partial charge in [-0.3, -0.25) is 10.1 Å². The maximum absolute atomic E-state index is 12.9. The summed E-state index contributed by atoms with van der Waals surface area (Å²) >= 11 is 0. The highest BCUT2D eigenvalue weighted by atomic mass is 19.1. The van der Waals surface area contributed by atoms with E-state index in [-0.39, 0.29) is 17.5 Å². The lowest BCUT2D eigenvalue weighted by Gasteiger charge is -2.27. The Morgan fingerprint density at radius 2 is 2.27 bits per heavy atom. The fourth-order valence-electron chi connectivity index (χ4n) is 1.26. The van der Waals surface area contributed by atoms with Gasteiger partial charge in [0.05, 0.1) is 4.92 Å². The molecular weight excluding hydrogens is 203 g/mol. The Kier molecular flexibility index (Phi) is 2.51. The van der Waals surface area contributed by atoms with Crippen LogP contribution < -0.4 is 10.1 Å². The zero-order valence-electron chi connectivity index (χ0n) is 7.77. The van der Waals surface area contributed by atoms with Crippen molar-refractivity contribution < 1.29 is 14.1 Å². The molecule has 0 saturated carbocycles. The third kappa shape index (κ3) is 2.04. The van der Waals surface area contributed by atoms with E-state index in [0.29, 0.717) is 13.1 Å². The molecule has 0 unspecified atom stereocenters. The monoisotopic (exact) mass is 212 g/mol. The number of halogens is 1. The van der Waals surface area contributed by atoms with E-state index in [9.17, 15) is 14.5 Å². The minimum atomic E-state index is -0.582. The molecule has 1 saturated heterocycles. The van der Waals surface area contributed by atoms with Gasteiger partial charge in [0.25, 0.3) is 0 Å². The Balaban J connectivity index is 2.24. The highest BCUT2D eigenvalue weighted by molar-refractivity contribution is 5.46. The normalized spacial score (nSPS) is 15.8. The first kappa shape index (κ1) is 9.85. The van der Waals surface area contributed by atoms with Gasteiger partial charge in [-0.15, -0.1) is 0 Å². The number of nitro groups is 1. The predicted octanol–water partition coefficient (Wildman–Crippen LogP) is 1.08. The molecule has 0 amide bonds. The van der Waals surface area contributed by atoms with Crippen molar-refractivity contribution in [2.45, 2.75) is 6.10 Å². The molecule has 15 heavy (non-hydrogen) atoms. The zero-order valence-corrected chi connectivity index (χ0v) is 7.77. The van der Waals surface area contributed by atoms with Crippen LogP contribution in [0.1, 0.15) is 0 Å². The van der Waals surface area contributed by atoms with Crippen LogP contribution in [0.25, 0.3) is 0 Å². The summed E-state index contributed by atoms with van der Waals surface area (Å²) in [7, 11) is 0. The molecule has 1 aromatic carbocycles. The van der Waals surface area contributed by atoms with Crippen molar-refractivity contribution in [2.75, 3.05) is 13.1 Å². The zero-order chi connectivity index (χ0) is 10.8. The van der Waals surface area contributed by atoms with E-state index in [1.165, 1.54) is 0 Å². The minimum Gasteiger partial charge on any atom is -0.481 e. The van der Waals surface area contributed by atoms with Gasteiger partial charge in [-0.25, -0.2) is 4.39 Å². The average Bonchev–Trinajstić information content (AvgIpc) is 2.11. The SMILES string of the molecule is O=[N+]([O-])c1ccc(F)cc1OC1CNC1. The van der Waals surface area contributed by atoms with Gasteiger partial charge < -0.3 is 10.1 Å². The first-order chi connectivity index (χ1) is 7.16. The van der Waals surface area contributed by atoms with Gasteiger partial charge in [0.2, 0.25) is 0 Å². The average molecular weight is 212 g/mol. The number of hydrogen-bond donors (Lipinski definition) is 1. The third-order valence-corrected chi connectivity index (χ3v) is 2.16. The van der Waals surface area contributed by atoms with Crippen molar-refractivity contribution in [2.24, 2.45) is 0 Å². The number of nitrogens with one attached hydrogen (secondary N) is 1. The maximum Gasteiger partial charge on any atom is 0.311 e. The van der Waals surface area contributed by atoms with Crippen molar-refractivity contribution >= 4 is 5.69 Å². The molecule has 1 fully saturated rings. The number of hydrogen-bond acceptors (Lipinski definition) is 4. The van der Waals surface area contributed by atoms with Gasteiger partial charge in [0.1, 0.15) is 11.9 Å². The summed E-state index contributed by atoms with van der Waals surface area (Å²) in [5.74, 6) is -0.547. The highest BCUT2D eigenvalue weighted by Gasteiger charge is 2.23. The van der Waals surface area contributed by atoms with E-state index in [1.807, 2.05) is 0 Å². The van der Waals surface area contributed by atoms with E-state index < -0.39 is 10.7 Å². The summed E-state index contributed by atoms with van der Waals surface area (Å²) in [6, 6.07) is 3.19. The molecule has 0 bridgehead atoms. The Labute approximate surface area is 85.0 Å². The fourth-order valence-corrected chi connectivity index (χ4v) is 1.26. The molecule has 0 radical (unpaired) electrons. The molecule has 1 aromatic rings. The molecule has 1 heterocycles. The number of ether oxygens (including phenoxy) is 1. The second-order valence-corrected chi connectivity index (χ2v) is 3.27. The van der Waals surface area contributed by atoms with Crippen LogP contribution in [-0.2, 0) is 0 Å². The molecule has 0 spiro atoms. The van der Waals surface area contributed by atoms with Crippen molar-refractivity contribution in [3.05, 3.63) is 34.1 Å². The van der Waals surface area contributed by atoms with Gasteiger partial charge in [-0.05, 0) is 6.07 Å². The molecule has 5 nitrogen and oxygen atoms in total. The highest BCUT2D eigenvalue weighted by Crippen LogP contribution is 2.28. The van der Waals surface area contributed by atoms with E-state index in [4.69, 9.17) is 4.74 Å². The Hall–Kier alpha value is -1.69. The van der Waals surface area contributed by atoms with Crippen molar-refractivity contribution in [1.82, 2.24) is 5.32 Å². The quantitative estimate of drug-likeness (QED) is 0.601. The van der Waals surface area contributed by atoms with Crippen LogP contribution in [0.15, 0.2) is 18.2 Å². The first-order valence-electron chi connectivity index (χ1n) is 4.48. The van der Waals surface area contributed by atoms with E-state index in [0.717, 1.165) is 18.2 Å². The van der Waals surface area contributed by atoms with Gasteiger partial charge >= 0.3 is 5.69 Å². The Morgan fingerprint density at radius 3 is 2.80 bits per heavy atom. The van der Waals surface area contributed by atoms with Crippen molar-refractivity contribution in [1.29, 1.82) is 0 Å². The summed E-state index contributed by atoms with van der Waals surface area (Å²) in [6.07, 6.45) is -0.106. The van der Waals surface area contributed by atoms with Gasteiger partial charge in [-0.1, -0.05) is 0 Å². The Bertz CT molecular complexity index is 393. The lowest BCUT2D eigenvalue weighted by molar-refractivity contribution is -0.386. The lowest BCUT2D eigenvalue weighted by Crippen LogP contribution is -2.50. The van der Waals surface area contributed by atoms with E-state index >= 15 is 0 Å². The minimum absolute atomic E-state index is 0.00787. The number of rotatable bonds is 3. The summed E-state index contributed by atoms with van der Waals surface area (Å²) in [5, 5.41) is 13.6. The van der Waals surface area contributed by atoms with Crippen LogP contribution >= 0.6 is 0 Å². The second kappa shape index (κ2) is 3.82. The third-order valence-electron chi connectivity index (χ3n) is 2.16. The number of benzene rings is 1. The molecule has 6 heteroatoms. The van der Waals surface area contributed by atoms with Crippen LogP contribution in [0.2, 0.25) is 0 Å². The molecular formula is C9H9FN2O3. The molecule has 1 N–H and O–H groups in total. The lowest BCUT2D eigenvalue weighted by atomic mass is 10.2. The van der Waals surface area contributed by atoms with Crippen molar-refractivity contribution in [3.63, 3.8) is 0 Å². The van der Waals surface area contributed by atoms with Crippen LogP contribution in [0, 0.1) is 15.9 Å². The standard InChI is InChI=1S/C9H9FN2O3/c10-6-1-2-8(12(13)14)9(3-6)15-7-4-11-5-7/h1-3,7,11H,4-5H2. The van der Waals surface area contributed by atoms with E-state index in [2.05, 4.69) is 5.32 Å². The van der Waals surface area contributed by atoms with Crippen LogP contribution in [-0.4, -0.2) is 24.1 Å². The maximum atomic E-state index is 12.9. The van der Waals surface area contributed by atoms with Crippen LogP contribution in [0.3, 0.4) is 0 Å². The molecule has 0 aliphatic carbocycles.